The smallest absolute Gasteiger partial charge is 0.408 e. The first kappa shape index (κ1) is 18.0. The van der Waals surface area contributed by atoms with Crippen LogP contribution in [0.3, 0.4) is 0 Å². The van der Waals surface area contributed by atoms with Gasteiger partial charge < -0.3 is 15.2 Å². The van der Waals surface area contributed by atoms with Gasteiger partial charge in [0, 0.05) is 0 Å². The molecular weight excluding hydrogens is 282 g/mol. The maximum atomic E-state index is 11.9. The Morgan fingerprint density at radius 3 is 2.05 bits per heavy atom. The van der Waals surface area contributed by atoms with Gasteiger partial charge in [0.1, 0.15) is 5.60 Å². The molecule has 0 aliphatic carbocycles. The van der Waals surface area contributed by atoms with Crippen molar-refractivity contribution >= 4 is 12.1 Å². The Kier molecular flexibility index (Phi) is 5.97. The van der Waals surface area contributed by atoms with Crippen LogP contribution in [0.4, 0.5) is 4.79 Å². The number of aliphatic carboxylic acids is 1. The van der Waals surface area contributed by atoms with Crippen LogP contribution in [0.5, 0.6) is 0 Å². The summed E-state index contributed by atoms with van der Waals surface area (Å²) in [4.78, 5) is 22.9. The van der Waals surface area contributed by atoms with E-state index in [0.29, 0.717) is 5.92 Å². The highest BCUT2D eigenvalue weighted by Gasteiger charge is 2.22. The summed E-state index contributed by atoms with van der Waals surface area (Å²) >= 11 is 0. The fraction of sp³-hybridized carbons (Fsp3) is 0.529. The number of carbonyl (C=O) groups is 2. The highest BCUT2D eigenvalue weighted by molar-refractivity contribution is 5.72. The molecule has 1 aromatic rings. The van der Waals surface area contributed by atoms with Gasteiger partial charge in [0.2, 0.25) is 0 Å². The van der Waals surface area contributed by atoms with Crippen molar-refractivity contribution in [3.8, 4) is 0 Å². The van der Waals surface area contributed by atoms with Crippen LogP contribution in [0.15, 0.2) is 24.3 Å². The average molecular weight is 307 g/mol. The van der Waals surface area contributed by atoms with Crippen LogP contribution >= 0.6 is 0 Å². The average Bonchev–Trinajstić information content (AvgIpc) is 2.35. The number of hydrogen-bond acceptors (Lipinski definition) is 3. The number of rotatable bonds is 5. The van der Waals surface area contributed by atoms with E-state index in [0.717, 1.165) is 11.1 Å². The summed E-state index contributed by atoms with van der Waals surface area (Å²) in [6.07, 6.45) is -0.813. The quantitative estimate of drug-likeness (QED) is 0.866. The standard InChI is InChI=1S/C17H25NO4/c1-11(2)12-6-8-13(9-7-12)14(10-15(19)20)18-16(21)22-17(3,4)5/h6-9,11,14H,10H2,1-5H3,(H,18,21)(H,19,20)/t14-/m1/s1. The molecule has 0 aromatic heterocycles. The van der Waals surface area contributed by atoms with Gasteiger partial charge in [-0.1, -0.05) is 38.1 Å². The van der Waals surface area contributed by atoms with E-state index in [1.54, 1.807) is 20.8 Å². The molecule has 0 radical (unpaired) electrons. The van der Waals surface area contributed by atoms with Crippen LogP contribution in [-0.2, 0) is 9.53 Å². The number of alkyl carbamates (subject to hydrolysis) is 1. The molecule has 5 heteroatoms. The molecule has 0 saturated carbocycles. The SMILES string of the molecule is CC(C)c1ccc([C@@H](CC(=O)O)NC(=O)OC(C)(C)C)cc1. The van der Waals surface area contributed by atoms with Gasteiger partial charge >= 0.3 is 12.1 Å². The molecular formula is C17H25NO4. The Labute approximate surface area is 131 Å². The highest BCUT2D eigenvalue weighted by atomic mass is 16.6. The predicted octanol–water partition coefficient (Wildman–Crippen LogP) is 3.85. The lowest BCUT2D eigenvalue weighted by atomic mass is 9.98. The first-order valence-corrected chi connectivity index (χ1v) is 7.39. The summed E-state index contributed by atoms with van der Waals surface area (Å²) < 4.78 is 5.19. The minimum atomic E-state index is -0.978. The molecule has 2 N–H and O–H groups in total. The van der Waals surface area contributed by atoms with Gasteiger partial charge in [-0.05, 0) is 37.8 Å². The first-order chi connectivity index (χ1) is 10.1. The van der Waals surface area contributed by atoms with Gasteiger partial charge in [-0.15, -0.1) is 0 Å². The van der Waals surface area contributed by atoms with Gasteiger partial charge in [0.05, 0.1) is 12.5 Å². The summed E-state index contributed by atoms with van der Waals surface area (Å²) in [5, 5.41) is 11.7. The molecule has 0 heterocycles. The zero-order valence-electron chi connectivity index (χ0n) is 13.8. The monoisotopic (exact) mass is 307 g/mol. The fourth-order valence-corrected chi connectivity index (χ4v) is 1.99. The van der Waals surface area contributed by atoms with Crippen LogP contribution in [-0.4, -0.2) is 22.8 Å². The van der Waals surface area contributed by atoms with E-state index in [1.807, 2.05) is 24.3 Å². The van der Waals surface area contributed by atoms with E-state index in [9.17, 15) is 9.59 Å². The van der Waals surface area contributed by atoms with Gasteiger partial charge in [-0.3, -0.25) is 4.79 Å². The lowest BCUT2D eigenvalue weighted by Gasteiger charge is -2.23. The summed E-state index contributed by atoms with van der Waals surface area (Å²) in [7, 11) is 0. The second kappa shape index (κ2) is 7.29. The van der Waals surface area contributed by atoms with Crippen molar-refractivity contribution in [2.75, 3.05) is 0 Å². The number of hydrogen-bond donors (Lipinski definition) is 2. The molecule has 1 rings (SSSR count). The Hall–Kier alpha value is -2.04. The Morgan fingerprint density at radius 1 is 1.14 bits per heavy atom. The van der Waals surface area contributed by atoms with Crippen LogP contribution < -0.4 is 5.32 Å². The fourth-order valence-electron chi connectivity index (χ4n) is 1.99. The minimum Gasteiger partial charge on any atom is -0.481 e. The molecule has 122 valence electrons. The van der Waals surface area contributed by atoms with Crippen LogP contribution in [0.25, 0.3) is 0 Å². The van der Waals surface area contributed by atoms with Gasteiger partial charge in [-0.2, -0.15) is 0 Å². The second-order valence-corrected chi connectivity index (χ2v) is 6.62. The lowest BCUT2D eigenvalue weighted by molar-refractivity contribution is -0.137. The summed E-state index contributed by atoms with van der Waals surface area (Å²) in [5.74, 6) is -0.584. The number of carboxylic acid groups (broad SMARTS) is 1. The third-order valence-corrected chi connectivity index (χ3v) is 3.08. The molecule has 22 heavy (non-hydrogen) atoms. The Bertz CT molecular complexity index is 514. The number of carboxylic acids is 1. The zero-order valence-corrected chi connectivity index (χ0v) is 13.8. The largest absolute Gasteiger partial charge is 0.481 e. The van der Waals surface area contributed by atoms with E-state index in [4.69, 9.17) is 9.84 Å². The minimum absolute atomic E-state index is 0.194. The molecule has 5 nitrogen and oxygen atoms in total. The number of carbonyl (C=O) groups excluding carboxylic acids is 1. The molecule has 0 unspecified atom stereocenters. The second-order valence-electron chi connectivity index (χ2n) is 6.62. The maximum Gasteiger partial charge on any atom is 0.408 e. The number of nitrogens with one attached hydrogen (secondary N) is 1. The molecule has 0 aliphatic heterocycles. The molecule has 1 amide bonds. The third-order valence-electron chi connectivity index (χ3n) is 3.08. The topological polar surface area (TPSA) is 75.6 Å². The zero-order chi connectivity index (χ0) is 16.9. The predicted molar refractivity (Wildman–Crippen MR) is 84.9 cm³/mol. The molecule has 0 aliphatic rings. The van der Waals surface area contributed by atoms with E-state index in [-0.39, 0.29) is 6.42 Å². The molecule has 0 bridgehead atoms. The Morgan fingerprint density at radius 2 is 1.64 bits per heavy atom. The number of benzene rings is 1. The summed E-state index contributed by atoms with van der Waals surface area (Å²) in [5.41, 5.74) is 1.28. The Balaban J connectivity index is 2.88. The van der Waals surface area contributed by atoms with Crippen LogP contribution in [0.1, 0.15) is 64.1 Å². The van der Waals surface area contributed by atoms with Crippen molar-refractivity contribution in [2.24, 2.45) is 0 Å². The van der Waals surface area contributed by atoms with E-state index >= 15 is 0 Å². The molecule has 0 saturated heterocycles. The number of amides is 1. The van der Waals surface area contributed by atoms with E-state index in [1.165, 1.54) is 0 Å². The van der Waals surface area contributed by atoms with Crippen LogP contribution in [0.2, 0.25) is 0 Å². The van der Waals surface area contributed by atoms with Crippen molar-refractivity contribution in [1.82, 2.24) is 5.32 Å². The first-order valence-electron chi connectivity index (χ1n) is 7.39. The summed E-state index contributed by atoms with van der Waals surface area (Å²) in [6, 6.07) is 6.98. The highest BCUT2D eigenvalue weighted by Crippen LogP contribution is 2.21. The molecule has 0 fully saturated rings. The molecule has 1 aromatic carbocycles. The van der Waals surface area contributed by atoms with Crippen molar-refractivity contribution in [1.29, 1.82) is 0 Å². The lowest BCUT2D eigenvalue weighted by Crippen LogP contribution is -2.35. The maximum absolute atomic E-state index is 11.9. The van der Waals surface area contributed by atoms with Crippen LogP contribution in [0, 0.1) is 0 Å². The third kappa shape index (κ3) is 6.16. The molecule has 0 spiro atoms. The van der Waals surface area contributed by atoms with Crippen molar-refractivity contribution in [2.45, 2.75) is 58.6 Å². The van der Waals surface area contributed by atoms with E-state index < -0.39 is 23.7 Å². The van der Waals surface area contributed by atoms with Crippen molar-refractivity contribution in [3.63, 3.8) is 0 Å². The van der Waals surface area contributed by atoms with Gasteiger partial charge in [-0.25, -0.2) is 4.79 Å². The van der Waals surface area contributed by atoms with Crippen molar-refractivity contribution < 1.29 is 19.4 Å². The van der Waals surface area contributed by atoms with Gasteiger partial charge in [0.15, 0.2) is 0 Å². The van der Waals surface area contributed by atoms with Crippen molar-refractivity contribution in [3.05, 3.63) is 35.4 Å². The van der Waals surface area contributed by atoms with Gasteiger partial charge in [0.25, 0.3) is 0 Å². The number of ether oxygens (including phenoxy) is 1. The molecule has 1 atom stereocenters. The van der Waals surface area contributed by atoms with E-state index in [2.05, 4.69) is 19.2 Å². The normalized spacial score (nSPS) is 12.8. The summed E-state index contributed by atoms with van der Waals surface area (Å²) in [6.45, 7) is 9.45.